The van der Waals surface area contributed by atoms with Crippen LogP contribution in [0.1, 0.15) is 55.8 Å². The van der Waals surface area contributed by atoms with E-state index in [2.05, 4.69) is 65.2 Å². The molecule has 1 aliphatic carbocycles. The molecule has 1 N–H and O–H groups in total. The highest BCUT2D eigenvalue weighted by atomic mass is 16.2. The highest BCUT2D eigenvalue weighted by molar-refractivity contribution is 5.98. The van der Waals surface area contributed by atoms with Crippen LogP contribution in [0.25, 0.3) is 11.2 Å². The van der Waals surface area contributed by atoms with Crippen molar-refractivity contribution in [2.75, 3.05) is 19.6 Å². The fourth-order valence-electron chi connectivity index (χ4n) is 5.45. The highest BCUT2D eigenvalue weighted by Gasteiger charge is 2.29. The van der Waals surface area contributed by atoms with Gasteiger partial charge in [-0.25, -0.2) is 4.98 Å². The summed E-state index contributed by atoms with van der Waals surface area (Å²) in [6.45, 7) is 9.34. The first-order valence-electron chi connectivity index (χ1n) is 12.6. The summed E-state index contributed by atoms with van der Waals surface area (Å²) in [7, 11) is 0. The molecule has 6 heteroatoms. The molecule has 6 rings (SSSR count). The molecule has 1 amide bonds. The van der Waals surface area contributed by atoms with E-state index in [9.17, 15) is 4.79 Å². The molecule has 5 heterocycles. The number of imidazole rings is 1. The molecule has 2 aromatic heterocycles. The van der Waals surface area contributed by atoms with E-state index in [1.165, 1.54) is 18.4 Å². The predicted octanol–water partition coefficient (Wildman–Crippen LogP) is 4.36. The third-order valence-corrected chi connectivity index (χ3v) is 7.48. The molecule has 6 nitrogen and oxygen atoms in total. The minimum atomic E-state index is 0.0210. The molecule has 34 heavy (non-hydrogen) atoms. The SMILES string of the molecule is Cc1cn2cc(C3=CC(=O)N4C=C(N5CCNC(C)C5)C=CC4=CCC3C)cc(C3CC3)c2n1. The van der Waals surface area contributed by atoms with Crippen LogP contribution in [0.5, 0.6) is 0 Å². The molecular formula is C28H33N5O. The molecule has 4 aliphatic rings. The molecule has 2 aromatic rings. The molecule has 2 fully saturated rings. The van der Waals surface area contributed by atoms with E-state index in [4.69, 9.17) is 4.98 Å². The number of hydrogen-bond donors (Lipinski definition) is 1. The van der Waals surface area contributed by atoms with Gasteiger partial charge in [0, 0.05) is 56.0 Å². The number of nitrogens with zero attached hydrogens (tertiary/aromatic N) is 4. The lowest BCUT2D eigenvalue weighted by molar-refractivity contribution is -0.122. The monoisotopic (exact) mass is 455 g/mol. The number of nitrogens with one attached hydrogen (secondary N) is 1. The minimum Gasteiger partial charge on any atom is -0.368 e. The smallest absolute Gasteiger partial charge is 0.255 e. The van der Waals surface area contributed by atoms with Crippen LogP contribution < -0.4 is 5.32 Å². The van der Waals surface area contributed by atoms with Crippen molar-refractivity contribution in [3.8, 4) is 0 Å². The fraction of sp³-hybridized carbons (Fsp3) is 0.429. The van der Waals surface area contributed by atoms with Gasteiger partial charge in [-0.15, -0.1) is 0 Å². The average Bonchev–Trinajstić information content (AvgIpc) is 3.60. The Hall–Kier alpha value is -3.12. The van der Waals surface area contributed by atoms with Gasteiger partial charge in [0.2, 0.25) is 0 Å². The second kappa shape index (κ2) is 8.27. The second-order valence-corrected chi connectivity index (χ2v) is 10.3. The van der Waals surface area contributed by atoms with Gasteiger partial charge in [-0.1, -0.05) is 13.0 Å². The van der Waals surface area contributed by atoms with Crippen molar-refractivity contribution in [3.05, 3.63) is 77.2 Å². The van der Waals surface area contributed by atoms with E-state index in [-0.39, 0.29) is 11.8 Å². The van der Waals surface area contributed by atoms with E-state index in [1.54, 1.807) is 0 Å². The standard InChI is InChI=1S/C28H33N5O/c1-18-4-7-23-8-9-24(31-11-10-29-19(2)14-31)17-33(23)27(34)13-25(18)22-12-26(21-5-6-21)28-30-20(3)15-32(28)16-22/h7-9,12-13,15-19,21,29H,4-6,10-11,14H2,1-3H3. The van der Waals surface area contributed by atoms with Gasteiger partial charge in [-0.2, -0.15) is 0 Å². The normalized spacial score (nSPS) is 25.5. The maximum Gasteiger partial charge on any atom is 0.255 e. The van der Waals surface area contributed by atoms with Crippen molar-refractivity contribution in [1.82, 2.24) is 24.5 Å². The van der Waals surface area contributed by atoms with E-state index in [1.807, 2.05) is 24.1 Å². The van der Waals surface area contributed by atoms with Crippen molar-refractivity contribution in [3.63, 3.8) is 0 Å². The number of fused-ring (bicyclic) bond motifs is 2. The third kappa shape index (κ3) is 3.90. The molecule has 0 radical (unpaired) electrons. The molecule has 1 saturated carbocycles. The molecular weight excluding hydrogens is 422 g/mol. The highest BCUT2D eigenvalue weighted by Crippen LogP contribution is 2.43. The van der Waals surface area contributed by atoms with Crippen LogP contribution in [0.2, 0.25) is 0 Å². The molecule has 1 saturated heterocycles. The largest absolute Gasteiger partial charge is 0.368 e. The zero-order valence-corrected chi connectivity index (χ0v) is 20.3. The predicted molar refractivity (Wildman–Crippen MR) is 135 cm³/mol. The van der Waals surface area contributed by atoms with Crippen LogP contribution in [-0.4, -0.2) is 50.8 Å². The zero-order valence-electron chi connectivity index (χ0n) is 20.3. The Labute approximate surface area is 201 Å². The summed E-state index contributed by atoms with van der Waals surface area (Å²) in [6, 6.07) is 2.73. The Kier molecular flexibility index (Phi) is 5.21. The number of piperazine rings is 1. The van der Waals surface area contributed by atoms with Crippen LogP contribution in [-0.2, 0) is 4.79 Å². The molecule has 0 bridgehead atoms. The van der Waals surface area contributed by atoms with Crippen molar-refractivity contribution in [2.45, 2.75) is 52.0 Å². The Morgan fingerprint density at radius 2 is 1.94 bits per heavy atom. The zero-order chi connectivity index (χ0) is 23.4. The fourth-order valence-corrected chi connectivity index (χ4v) is 5.45. The summed E-state index contributed by atoms with van der Waals surface area (Å²) >= 11 is 0. The number of carbonyl (C=O) groups is 1. The Balaban J connectivity index is 1.37. The van der Waals surface area contributed by atoms with Crippen LogP contribution in [0, 0.1) is 12.8 Å². The summed E-state index contributed by atoms with van der Waals surface area (Å²) in [5.41, 5.74) is 7.73. The third-order valence-electron chi connectivity index (χ3n) is 7.48. The van der Waals surface area contributed by atoms with Gasteiger partial charge in [-0.3, -0.25) is 9.69 Å². The van der Waals surface area contributed by atoms with Gasteiger partial charge in [-0.05, 0) is 79.9 Å². The van der Waals surface area contributed by atoms with Crippen LogP contribution >= 0.6 is 0 Å². The van der Waals surface area contributed by atoms with Crippen molar-refractivity contribution in [1.29, 1.82) is 0 Å². The van der Waals surface area contributed by atoms with Crippen LogP contribution in [0.3, 0.4) is 0 Å². The lowest BCUT2D eigenvalue weighted by Gasteiger charge is -2.36. The Morgan fingerprint density at radius 3 is 2.74 bits per heavy atom. The maximum absolute atomic E-state index is 13.6. The molecule has 176 valence electrons. The lowest BCUT2D eigenvalue weighted by atomic mass is 9.89. The van der Waals surface area contributed by atoms with E-state index in [0.29, 0.717) is 12.0 Å². The van der Waals surface area contributed by atoms with Gasteiger partial charge in [0.25, 0.3) is 5.91 Å². The number of hydrogen-bond acceptors (Lipinski definition) is 4. The van der Waals surface area contributed by atoms with Crippen LogP contribution in [0.15, 0.2) is 60.4 Å². The average molecular weight is 456 g/mol. The van der Waals surface area contributed by atoms with Crippen molar-refractivity contribution < 1.29 is 4.79 Å². The first kappa shape index (κ1) is 21.4. The topological polar surface area (TPSA) is 52.9 Å². The number of aromatic nitrogens is 2. The Bertz CT molecular complexity index is 1280. The summed E-state index contributed by atoms with van der Waals surface area (Å²) in [6.07, 6.45) is 17.9. The number of carbonyl (C=O) groups excluding carboxylic acids is 1. The first-order chi connectivity index (χ1) is 16.5. The first-order valence-corrected chi connectivity index (χ1v) is 12.6. The number of rotatable bonds is 3. The van der Waals surface area contributed by atoms with Gasteiger partial charge in [0.05, 0.1) is 11.4 Å². The lowest BCUT2D eigenvalue weighted by Crippen LogP contribution is -2.48. The van der Waals surface area contributed by atoms with Gasteiger partial charge in [0.15, 0.2) is 0 Å². The minimum absolute atomic E-state index is 0.0210. The second-order valence-electron chi connectivity index (χ2n) is 10.3. The van der Waals surface area contributed by atoms with E-state index < -0.39 is 0 Å². The summed E-state index contributed by atoms with van der Waals surface area (Å²) < 4.78 is 2.16. The molecule has 2 atom stereocenters. The van der Waals surface area contributed by atoms with Gasteiger partial charge < -0.3 is 14.6 Å². The van der Waals surface area contributed by atoms with Gasteiger partial charge in [0.1, 0.15) is 5.65 Å². The quantitative estimate of drug-likeness (QED) is 0.747. The van der Waals surface area contributed by atoms with Crippen LogP contribution in [0.4, 0.5) is 0 Å². The number of aryl methyl sites for hydroxylation is 1. The maximum atomic E-state index is 13.6. The summed E-state index contributed by atoms with van der Waals surface area (Å²) in [4.78, 5) is 22.6. The van der Waals surface area contributed by atoms with E-state index >= 15 is 0 Å². The molecule has 0 spiro atoms. The molecule has 0 aromatic carbocycles. The molecule has 2 unspecified atom stereocenters. The van der Waals surface area contributed by atoms with Crippen molar-refractivity contribution in [2.24, 2.45) is 5.92 Å². The Morgan fingerprint density at radius 1 is 1.12 bits per heavy atom. The summed E-state index contributed by atoms with van der Waals surface area (Å²) in [5, 5.41) is 3.49. The molecule has 3 aliphatic heterocycles. The summed E-state index contributed by atoms with van der Waals surface area (Å²) in [5.74, 6) is 0.864. The number of amides is 1. The van der Waals surface area contributed by atoms with E-state index in [0.717, 1.165) is 59.9 Å². The van der Waals surface area contributed by atoms with Crippen molar-refractivity contribution >= 4 is 17.1 Å². The van der Waals surface area contributed by atoms with Gasteiger partial charge >= 0.3 is 0 Å². The number of allylic oxidation sites excluding steroid dienone is 4. The number of pyridine rings is 1.